The number of rotatable bonds is 4. The summed E-state index contributed by atoms with van der Waals surface area (Å²) in [5.74, 6) is 0.708. The molecule has 18 heavy (non-hydrogen) atoms. The lowest BCUT2D eigenvalue weighted by molar-refractivity contribution is 0.539. The van der Waals surface area contributed by atoms with Gasteiger partial charge in [0.2, 0.25) is 0 Å². The fourth-order valence-corrected chi connectivity index (χ4v) is 3.56. The van der Waals surface area contributed by atoms with Gasteiger partial charge >= 0.3 is 0 Å². The Hall–Kier alpha value is -0.210. The highest BCUT2D eigenvalue weighted by atomic mass is 127. The molecule has 3 nitrogen and oxygen atoms in total. The highest BCUT2D eigenvalue weighted by Crippen LogP contribution is 2.22. The molecule has 0 aliphatic rings. The lowest BCUT2D eigenvalue weighted by atomic mass is 10.2. The lowest BCUT2D eigenvalue weighted by Crippen LogP contribution is -2.09. The van der Waals surface area contributed by atoms with Crippen LogP contribution in [0.1, 0.15) is 19.4 Å². The van der Waals surface area contributed by atoms with E-state index in [1.807, 2.05) is 0 Å². The summed E-state index contributed by atoms with van der Waals surface area (Å²) in [6.45, 7) is 2.12. The predicted molar refractivity (Wildman–Crippen MR) is 88.1 cm³/mol. The normalized spacial score (nSPS) is 14.8. The number of aromatic amines is 1. The quantitative estimate of drug-likeness (QED) is 0.635. The van der Waals surface area contributed by atoms with Gasteiger partial charge in [0.15, 0.2) is 4.77 Å². The Balaban J connectivity index is 2.41. The minimum absolute atomic E-state index is 0.259. The van der Waals surface area contributed by atoms with Crippen LogP contribution < -0.4 is 0 Å². The molecule has 1 heterocycles. The number of imidazole rings is 1. The van der Waals surface area contributed by atoms with E-state index in [-0.39, 0.29) is 6.04 Å². The van der Waals surface area contributed by atoms with E-state index in [9.17, 15) is 4.21 Å². The van der Waals surface area contributed by atoms with Gasteiger partial charge in [-0.15, -0.1) is 0 Å². The van der Waals surface area contributed by atoms with Crippen LogP contribution in [0.25, 0.3) is 11.0 Å². The summed E-state index contributed by atoms with van der Waals surface area (Å²) in [5, 5.41) is 0. The van der Waals surface area contributed by atoms with Gasteiger partial charge in [0.05, 0.1) is 11.0 Å². The first kappa shape index (κ1) is 14.2. The van der Waals surface area contributed by atoms with Crippen molar-refractivity contribution in [3.8, 4) is 0 Å². The van der Waals surface area contributed by atoms with Crippen LogP contribution in [0.15, 0.2) is 18.2 Å². The fraction of sp³-hybridized carbons (Fsp3) is 0.417. The van der Waals surface area contributed by atoms with E-state index in [1.165, 1.54) is 3.57 Å². The van der Waals surface area contributed by atoms with Crippen molar-refractivity contribution in [2.24, 2.45) is 0 Å². The highest BCUT2D eigenvalue weighted by molar-refractivity contribution is 14.1. The largest absolute Gasteiger partial charge is 0.331 e. The molecule has 1 aromatic carbocycles. The second-order valence-electron chi connectivity index (χ2n) is 4.38. The predicted octanol–water partition coefficient (Wildman–Crippen LogP) is 3.63. The molecule has 1 N–H and O–H groups in total. The summed E-state index contributed by atoms with van der Waals surface area (Å²) in [4.78, 5) is 3.23. The molecule has 1 aromatic heterocycles. The van der Waals surface area contributed by atoms with Gasteiger partial charge < -0.3 is 9.55 Å². The van der Waals surface area contributed by atoms with Gasteiger partial charge in [-0.05, 0) is 66.4 Å². The Morgan fingerprint density at radius 2 is 2.28 bits per heavy atom. The van der Waals surface area contributed by atoms with Gasteiger partial charge in [-0.1, -0.05) is 0 Å². The molecule has 2 unspecified atom stereocenters. The molecule has 0 radical (unpaired) electrons. The summed E-state index contributed by atoms with van der Waals surface area (Å²) in [6, 6.07) is 6.51. The van der Waals surface area contributed by atoms with E-state index in [0.717, 1.165) is 22.2 Å². The molecule has 0 aliphatic carbocycles. The first-order valence-electron chi connectivity index (χ1n) is 5.69. The monoisotopic (exact) mass is 394 g/mol. The van der Waals surface area contributed by atoms with Crippen LogP contribution in [0.4, 0.5) is 0 Å². The number of nitrogens with zero attached hydrogens (tertiary/aromatic N) is 1. The Morgan fingerprint density at radius 3 is 2.94 bits per heavy atom. The first-order valence-corrected chi connectivity index (χ1v) is 8.90. The van der Waals surface area contributed by atoms with Crippen molar-refractivity contribution in [1.29, 1.82) is 0 Å². The molecule has 0 spiro atoms. The van der Waals surface area contributed by atoms with Gasteiger partial charge in [-0.3, -0.25) is 4.21 Å². The summed E-state index contributed by atoms with van der Waals surface area (Å²) in [7, 11) is -0.751. The van der Waals surface area contributed by atoms with E-state index in [2.05, 4.69) is 57.3 Å². The molecule has 0 fully saturated rings. The maximum absolute atomic E-state index is 11.2. The van der Waals surface area contributed by atoms with Crippen LogP contribution in [-0.2, 0) is 10.8 Å². The molecular formula is C12H15IN2OS2. The molecule has 0 bridgehead atoms. The maximum atomic E-state index is 11.2. The van der Waals surface area contributed by atoms with Crippen molar-refractivity contribution >= 4 is 56.6 Å². The SMILES string of the molecule is CC(CCS(C)=O)n1c(=S)[nH]c2cc(I)ccc21. The number of fused-ring (bicyclic) bond motifs is 1. The van der Waals surface area contributed by atoms with E-state index < -0.39 is 10.8 Å². The van der Waals surface area contributed by atoms with E-state index in [1.54, 1.807) is 6.26 Å². The number of H-pyrrole nitrogens is 1. The zero-order chi connectivity index (χ0) is 13.3. The van der Waals surface area contributed by atoms with Crippen LogP contribution in [0.2, 0.25) is 0 Å². The molecule has 2 atom stereocenters. The molecule has 98 valence electrons. The van der Waals surface area contributed by atoms with Crippen LogP contribution in [0, 0.1) is 8.34 Å². The zero-order valence-corrected chi connectivity index (χ0v) is 14.1. The summed E-state index contributed by atoms with van der Waals surface area (Å²) in [6.07, 6.45) is 2.61. The van der Waals surface area contributed by atoms with Crippen LogP contribution >= 0.6 is 34.8 Å². The molecule has 0 saturated carbocycles. The number of benzene rings is 1. The van der Waals surface area contributed by atoms with E-state index >= 15 is 0 Å². The Kier molecular flexibility index (Phi) is 4.60. The fourth-order valence-electron chi connectivity index (χ4n) is 2.01. The van der Waals surface area contributed by atoms with E-state index in [4.69, 9.17) is 12.2 Å². The summed E-state index contributed by atoms with van der Waals surface area (Å²) < 4.78 is 15.2. The number of hydrogen-bond donors (Lipinski definition) is 1. The molecule has 0 aliphatic heterocycles. The van der Waals surface area contributed by atoms with Gasteiger partial charge in [0.1, 0.15) is 0 Å². The average molecular weight is 394 g/mol. The van der Waals surface area contributed by atoms with Gasteiger partial charge in [-0.25, -0.2) is 0 Å². The topological polar surface area (TPSA) is 37.8 Å². The van der Waals surface area contributed by atoms with Gasteiger partial charge in [0.25, 0.3) is 0 Å². The second kappa shape index (κ2) is 5.83. The first-order chi connectivity index (χ1) is 8.49. The molecule has 0 saturated heterocycles. The Morgan fingerprint density at radius 1 is 1.56 bits per heavy atom. The zero-order valence-electron chi connectivity index (χ0n) is 10.3. The maximum Gasteiger partial charge on any atom is 0.178 e. The number of halogens is 1. The number of hydrogen-bond acceptors (Lipinski definition) is 2. The van der Waals surface area contributed by atoms with Crippen molar-refractivity contribution in [2.75, 3.05) is 12.0 Å². The van der Waals surface area contributed by atoms with Crippen molar-refractivity contribution in [3.63, 3.8) is 0 Å². The third-order valence-corrected chi connectivity index (χ3v) is 4.72. The van der Waals surface area contributed by atoms with Crippen molar-refractivity contribution < 1.29 is 4.21 Å². The molecule has 0 amide bonds. The van der Waals surface area contributed by atoms with Crippen molar-refractivity contribution in [2.45, 2.75) is 19.4 Å². The van der Waals surface area contributed by atoms with Crippen LogP contribution in [0.3, 0.4) is 0 Å². The molecule has 2 rings (SSSR count). The average Bonchev–Trinajstić information content (AvgIpc) is 2.61. The summed E-state index contributed by atoms with van der Waals surface area (Å²) in [5.41, 5.74) is 2.19. The van der Waals surface area contributed by atoms with Crippen molar-refractivity contribution in [3.05, 3.63) is 26.5 Å². The van der Waals surface area contributed by atoms with Crippen LogP contribution in [-0.4, -0.2) is 25.8 Å². The third kappa shape index (κ3) is 3.03. The standard InChI is InChI=1S/C12H15IN2OS2/c1-8(5-6-18(2)16)15-11-4-3-9(13)7-10(11)14-12(15)17/h3-4,7-8H,5-6H2,1-2H3,(H,14,17). The van der Waals surface area contributed by atoms with Gasteiger partial charge in [-0.2, -0.15) is 0 Å². The lowest BCUT2D eigenvalue weighted by Gasteiger charge is -2.13. The Bertz CT molecular complexity index is 647. The second-order valence-corrected chi connectivity index (χ2v) is 7.56. The minimum atomic E-state index is -0.751. The number of aromatic nitrogens is 2. The molecule has 6 heteroatoms. The smallest absolute Gasteiger partial charge is 0.178 e. The van der Waals surface area contributed by atoms with Gasteiger partial charge in [0, 0.05) is 32.4 Å². The third-order valence-electron chi connectivity index (χ3n) is 2.94. The molecule has 2 aromatic rings. The summed E-state index contributed by atoms with van der Waals surface area (Å²) >= 11 is 7.67. The highest BCUT2D eigenvalue weighted by Gasteiger charge is 2.11. The van der Waals surface area contributed by atoms with Crippen molar-refractivity contribution in [1.82, 2.24) is 9.55 Å². The Labute approximate surface area is 128 Å². The van der Waals surface area contributed by atoms with E-state index in [0.29, 0.717) is 5.75 Å². The molecular weight excluding hydrogens is 379 g/mol. The van der Waals surface area contributed by atoms with Crippen LogP contribution in [0.5, 0.6) is 0 Å². The number of nitrogens with one attached hydrogen (secondary N) is 1. The minimum Gasteiger partial charge on any atom is -0.331 e.